The molecule has 0 unspecified atom stereocenters. The van der Waals surface area contributed by atoms with Crippen LogP contribution < -0.4 is 5.32 Å². The third kappa shape index (κ3) is 8.02. The molecule has 0 saturated carbocycles. The van der Waals surface area contributed by atoms with E-state index in [-0.39, 0.29) is 23.8 Å². The van der Waals surface area contributed by atoms with Gasteiger partial charge in [-0.1, -0.05) is 30.3 Å². The van der Waals surface area contributed by atoms with Gasteiger partial charge >= 0.3 is 0 Å². The van der Waals surface area contributed by atoms with Gasteiger partial charge < -0.3 is 29.2 Å². The van der Waals surface area contributed by atoms with Crippen molar-refractivity contribution in [3.8, 4) is 0 Å². The van der Waals surface area contributed by atoms with E-state index in [2.05, 4.69) is 24.4 Å². The lowest BCUT2D eigenvalue weighted by Gasteiger charge is -2.25. The van der Waals surface area contributed by atoms with Crippen molar-refractivity contribution >= 4 is 11.8 Å². The molecule has 0 spiro atoms. The minimum absolute atomic E-state index is 0.121. The van der Waals surface area contributed by atoms with Crippen LogP contribution in [0.4, 0.5) is 0 Å². The second kappa shape index (κ2) is 13.3. The number of benzene rings is 1. The smallest absolute Gasteiger partial charge is 0.223 e. The molecular weight excluding hydrogens is 388 g/mol. The summed E-state index contributed by atoms with van der Waals surface area (Å²) in [7, 11) is 3.18. The Morgan fingerprint density at radius 1 is 1.00 bits per heavy atom. The highest BCUT2D eigenvalue weighted by Crippen LogP contribution is 2.28. The van der Waals surface area contributed by atoms with Gasteiger partial charge in [0.1, 0.15) is 13.6 Å². The predicted molar refractivity (Wildman–Crippen MR) is 111 cm³/mol. The number of likely N-dealkylation sites (tertiary alicyclic amines) is 1. The molecule has 2 aliphatic heterocycles. The van der Waals surface area contributed by atoms with E-state index < -0.39 is 0 Å². The average Bonchev–Trinajstić information content (AvgIpc) is 3.34. The molecule has 1 aromatic carbocycles. The molecule has 0 aliphatic carbocycles. The summed E-state index contributed by atoms with van der Waals surface area (Å²) in [6, 6.07) is 10.3. The molecule has 8 nitrogen and oxygen atoms in total. The standard InChI is InChI=1S/C15H21NO3.C7H13NO3/c1-12(14-6-4-3-5-7-14)16-9-13(8-15(16)17)10-19-11-18-2;1-10-5-11-4-6-2-7(9)8-3-6/h3-7,12-13H,8-11H2,1-2H3;6H,2-5H2,1H3,(H,8,9)/t12-,13+;6-/m10/s1. The molecule has 2 fully saturated rings. The van der Waals surface area contributed by atoms with Crippen molar-refractivity contribution in [1.29, 1.82) is 0 Å². The molecule has 3 rings (SSSR count). The number of ether oxygens (including phenoxy) is 4. The van der Waals surface area contributed by atoms with Gasteiger partial charge in [0.2, 0.25) is 11.8 Å². The maximum absolute atomic E-state index is 12.1. The normalized spacial score (nSPS) is 21.9. The highest BCUT2D eigenvalue weighted by Gasteiger charge is 2.33. The fourth-order valence-electron chi connectivity index (χ4n) is 3.58. The summed E-state index contributed by atoms with van der Waals surface area (Å²) >= 11 is 0. The van der Waals surface area contributed by atoms with E-state index in [4.69, 9.17) is 18.9 Å². The molecule has 1 N–H and O–H groups in total. The van der Waals surface area contributed by atoms with Crippen LogP contribution in [-0.4, -0.2) is 70.8 Å². The number of hydrogen-bond donors (Lipinski definition) is 1. The van der Waals surface area contributed by atoms with Crippen molar-refractivity contribution in [3.05, 3.63) is 35.9 Å². The van der Waals surface area contributed by atoms with E-state index in [1.807, 2.05) is 23.1 Å². The van der Waals surface area contributed by atoms with Crippen LogP contribution in [0.3, 0.4) is 0 Å². The average molecular weight is 423 g/mol. The summed E-state index contributed by atoms with van der Waals surface area (Å²) in [5.74, 6) is 0.935. The molecule has 0 bridgehead atoms. The Morgan fingerprint density at radius 3 is 2.20 bits per heavy atom. The minimum atomic E-state index is 0.121. The van der Waals surface area contributed by atoms with Gasteiger partial charge in [-0.05, 0) is 12.5 Å². The number of rotatable bonds is 10. The Hall–Kier alpha value is -2.00. The molecule has 1 aromatic rings. The fraction of sp³-hybridized carbons (Fsp3) is 0.636. The van der Waals surface area contributed by atoms with E-state index in [1.54, 1.807) is 14.2 Å². The van der Waals surface area contributed by atoms with E-state index in [0.717, 1.165) is 13.1 Å². The molecule has 168 valence electrons. The highest BCUT2D eigenvalue weighted by atomic mass is 16.7. The topological polar surface area (TPSA) is 86.3 Å². The van der Waals surface area contributed by atoms with Crippen molar-refractivity contribution < 1.29 is 28.5 Å². The van der Waals surface area contributed by atoms with Crippen molar-refractivity contribution in [2.24, 2.45) is 11.8 Å². The first kappa shape index (κ1) is 24.3. The van der Waals surface area contributed by atoms with Crippen molar-refractivity contribution in [2.45, 2.75) is 25.8 Å². The van der Waals surface area contributed by atoms with Crippen LogP contribution in [0, 0.1) is 11.8 Å². The molecule has 2 saturated heterocycles. The molecule has 2 amide bonds. The molecule has 8 heteroatoms. The lowest BCUT2D eigenvalue weighted by Crippen LogP contribution is -2.28. The van der Waals surface area contributed by atoms with Gasteiger partial charge in [-0.15, -0.1) is 0 Å². The SMILES string of the molecule is COCOC[C@@H]1CNC(=O)C1.COCOC[C@H]1CC(=O)N([C@H](C)c2ccccc2)C1. The van der Waals surface area contributed by atoms with Crippen molar-refractivity contribution in [2.75, 3.05) is 54.1 Å². The monoisotopic (exact) mass is 422 g/mol. The van der Waals surface area contributed by atoms with Gasteiger partial charge in [0, 0.05) is 52.0 Å². The third-order valence-electron chi connectivity index (χ3n) is 5.16. The maximum atomic E-state index is 12.1. The van der Waals surface area contributed by atoms with Crippen molar-refractivity contribution in [3.63, 3.8) is 0 Å². The van der Waals surface area contributed by atoms with Gasteiger partial charge in [-0.3, -0.25) is 9.59 Å². The molecule has 0 aromatic heterocycles. The molecule has 3 atom stereocenters. The van der Waals surface area contributed by atoms with Crippen LogP contribution in [0.25, 0.3) is 0 Å². The zero-order chi connectivity index (χ0) is 21.8. The Balaban J connectivity index is 0.000000248. The first-order valence-corrected chi connectivity index (χ1v) is 10.3. The van der Waals surface area contributed by atoms with Gasteiger partial charge in [0.05, 0.1) is 19.3 Å². The van der Waals surface area contributed by atoms with E-state index >= 15 is 0 Å². The number of carbonyl (C=O) groups is 2. The summed E-state index contributed by atoms with van der Waals surface area (Å²) < 4.78 is 20.0. The predicted octanol–water partition coefficient (Wildman–Crippen LogP) is 1.96. The molecule has 2 heterocycles. The molecule has 30 heavy (non-hydrogen) atoms. The summed E-state index contributed by atoms with van der Waals surface area (Å²) in [5, 5.41) is 2.74. The number of amides is 2. The molecule has 2 aliphatic rings. The van der Waals surface area contributed by atoms with Gasteiger partial charge in [0.25, 0.3) is 0 Å². The Morgan fingerprint density at radius 2 is 1.63 bits per heavy atom. The first-order valence-electron chi connectivity index (χ1n) is 10.3. The maximum Gasteiger partial charge on any atom is 0.223 e. The number of methoxy groups -OCH3 is 2. The quantitative estimate of drug-likeness (QED) is 0.458. The van der Waals surface area contributed by atoms with Crippen LogP contribution >= 0.6 is 0 Å². The van der Waals surface area contributed by atoms with Crippen LogP contribution in [0.5, 0.6) is 0 Å². The third-order valence-corrected chi connectivity index (χ3v) is 5.16. The largest absolute Gasteiger partial charge is 0.359 e. The summed E-state index contributed by atoms with van der Waals surface area (Å²) in [4.78, 5) is 24.7. The number of nitrogens with one attached hydrogen (secondary N) is 1. The van der Waals surface area contributed by atoms with E-state index in [0.29, 0.717) is 45.6 Å². The van der Waals surface area contributed by atoms with E-state index in [1.165, 1.54) is 5.56 Å². The molecule has 0 radical (unpaired) electrons. The van der Waals surface area contributed by atoms with Gasteiger partial charge in [-0.25, -0.2) is 0 Å². The molecular formula is C22H34N2O6. The zero-order valence-corrected chi connectivity index (χ0v) is 18.2. The second-order valence-electron chi connectivity index (χ2n) is 7.63. The Kier molecular flexibility index (Phi) is 10.8. The zero-order valence-electron chi connectivity index (χ0n) is 18.2. The number of hydrogen-bond acceptors (Lipinski definition) is 6. The lowest BCUT2D eigenvalue weighted by atomic mass is 10.1. The van der Waals surface area contributed by atoms with Crippen LogP contribution in [0.2, 0.25) is 0 Å². The highest BCUT2D eigenvalue weighted by molar-refractivity contribution is 5.79. The Labute approximate surface area is 178 Å². The first-order chi connectivity index (χ1) is 14.5. The summed E-state index contributed by atoms with van der Waals surface area (Å²) in [5.41, 5.74) is 1.18. The Bertz CT molecular complexity index is 642. The van der Waals surface area contributed by atoms with Crippen molar-refractivity contribution in [1.82, 2.24) is 10.2 Å². The number of nitrogens with zero attached hydrogens (tertiary/aromatic N) is 1. The number of carbonyl (C=O) groups excluding carboxylic acids is 2. The van der Waals surface area contributed by atoms with Gasteiger partial charge in [-0.2, -0.15) is 0 Å². The fourth-order valence-corrected chi connectivity index (χ4v) is 3.58. The van der Waals surface area contributed by atoms with Crippen LogP contribution in [-0.2, 0) is 28.5 Å². The van der Waals surface area contributed by atoms with Gasteiger partial charge in [0.15, 0.2) is 0 Å². The van der Waals surface area contributed by atoms with Crippen LogP contribution in [0.15, 0.2) is 30.3 Å². The summed E-state index contributed by atoms with van der Waals surface area (Å²) in [6.07, 6.45) is 1.16. The minimum Gasteiger partial charge on any atom is -0.359 e. The van der Waals surface area contributed by atoms with E-state index in [9.17, 15) is 9.59 Å². The van der Waals surface area contributed by atoms with Crippen LogP contribution in [0.1, 0.15) is 31.4 Å². The second-order valence-corrected chi connectivity index (χ2v) is 7.63. The summed E-state index contributed by atoms with van der Waals surface area (Å²) in [6.45, 7) is 5.36. The lowest BCUT2D eigenvalue weighted by molar-refractivity contribution is -0.129.